The van der Waals surface area contributed by atoms with Crippen LogP contribution in [-0.2, 0) is 11.8 Å². The third kappa shape index (κ3) is 3.83. The molecule has 0 saturated heterocycles. The average molecular weight is 351 g/mol. The number of aryl methyl sites for hydroxylation is 1. The van der Waals surface area contributed by atoms with Gasteiger partial charge < -0.3 is 16.4 Å². The van der Waals surface area contributed by atoms with E-state index in [9.17, 15) is 9.59 Å². The number of aromatic nitrogens is 4. The minimum Gasteiger partial charge on any atom is -0.397 e. The Balaban J connectivity index is 1.79. The van der Waals surface area contributed by atoms with Crippen molar-refractivity contribution in [3.63, 3.8) is 0 Å². The van der Waals surface area contributed by atoms with Crippen molar-refractivity contribution in [3.8, 4) is 11.1 Å². The Morgan fingerprint density at radius 3 is 2.50 bits per heavy atom. The highest BCUT2D eigenvalue weighted by Gasteiger charge is 2.12. The molecule has 9 heteroatoms. The molecule has 0 aliphatic carbocycles. The maximum absolute atomic E-state index is 12.4. The summed E-state index contributed by atoms with van der Waals surface area (Å²) in [5.41, 5.74) is 8.72. The summed E-state index contributed by atoms with van der Waals surface area (Å²) in [6, 6.07) is 5.33. The van der Waals surface area contributed by atoms with Crippen LogP contribution in [-0.4, -0.2) is 31.6 Å². The molecule has 1 aromatic carbocycles. The van der Waals surface area contributed by atoms with Gasteiger partial charge in [0.05, 0.1) is 30.0 Å². The monoisotopic (exact) mass is 351 g/mol. The lowest BCUT2D eigenvalue weighted by Crippen LogP contribution is -2.16. The molecular weight excluding hydrogens is 334 g/mol. The maximum Gasteiger partial charge on any atom is 0.275 e. The predicted octanol–water partition coefficient (Wildman–Crippen LogP) is 1.67. The Morgan fingerprint density at radius 1 is 1.08 bits per heavy atom. The molecule has 2 amide bonds. The first-order valence-corrected chi connectivity index (χ1v) is 7.72. The van der Waals surface area contributed by atoms with Crippen LogP contribution in [0.3, 0.4) is 0 Å². The van der Waals surface area contributed by atoms with Gasteiger partial charge in [0, 0.05) is 25.7 Å². The fourth-order valence-corrected chi connectivity index (χ4v) is 2.29. The third-order valence-electron chi connectivity index (χ3n) is 3.53. The molecule has 4 N–H and O–H groups in total. The number of anilines is 3. The molecule has 2 aromatic heterocycles. The number of rotatable bonds is 4. The molecule has 0 fully saturated rings. The van der Waals surface area contributed by atoms with E-state index >= 15 is 0 Å². The van der Waals surface area contributed by atoms with Crippen molar-refractivity contribution in [3.05, 3.63) is 48.7 Å². The highest BCUT2D eigenvalue weighted by Crippen LogP contribution is 2.27. The topological polar surface area (TPSA) is 128 Å². The van der Waals surface area contributed by atoms with E-state index in [0.29, 0.717) is 11.4 Å². The van der Waals surface area contributed by atoms with Gasteiger partial charge in [0.15, 0.2) is 5.82 Å². The summed E-state index contributed by atoms with van der Waals surface area (Å²) < 4.78 is 1.69. The lowest BCUT2D eigenvalue weighted by molar-refractivity contribution is -0.114. The van der Waals surface area contributed by atoms with E-state index in [1.165, 1.54) is 19.3 Å². The van der Waals surface area contributed by atoms with Gasteiger partial charge in [-0.1, -0.05) is 6.07 Å². The summed E-state index contributed by atoms with van der Waals surface area (Å²) >= 11 is 0. The number of amides is 2. The van der Waals surface area contributed by atoms with E-state index < -0.39 is 5.91 Å². The largest absolute Gasteiger partial charge is 0.397 e. The van der Waals surface area contributed by atoms with Crippen molar-refractivity contribution in [2.45, 2.75) is 6.92 Å². The first-order valence-electron chi connectivity index (χ1n) is 7.72. The van der Waals surface area contributed by atoms with Gasteiger partial charge in [-0.2, -0.15) is 5.10 Å². The van der Waals surface area contributed by atoms with E-state index in [0.717, 1.165) is 11.1 Å². The Morgan fingerprint density at radius 2 is 1.88 bits per heavy atom. The molecule has 0 spiro atoms. The lowest BCUT2D eigenvalue weighted by atomic mass is 10.1. The van der Waals surface area contributed by atoms with Gasteiger partial charge in [0.25, 0.3) is 5.91 Å². The minimum absolute atomic E-state index is 0.102. The zero-order valence-electron chi connectivity index (χ0n) is 14.2. The molecule has 0 atom stereocenters. The van der Waals surface area contributed by atoms with Crippen LogP contribution in [0.4, 0.5) is 17.2 Å². The average Bonchev–Trinajstić information content (AvgIpc) is 3.03. The van der Waals surface area contributed by atoms with Crippen molar-refractivity contribution in [2.75, 3.05) is 16.4 Å². The van der Waals surface area contributed by atoms with Crippen LogP contribution in [0, 0.1) is 0 Å². The summed E-state index contributed by atoms with van der Waals surface area (Å²) in [4.78, 5) is 31.3. The molecule has 0 aliphatic heterocycles. The van der Waals surface area contributed by atoms with E-state index in [2.05, 4.69) is 25.7 Å². The van der Waals surface area contributed by atoms with E-state index in [1.54, 1.807) is 23.0 Å². The molecule has 0 saturated carbocycles. The predicted molar refractivity (Wildman–Crippen MR) is 97.3 cm³/mol. The van der Waals surface area contributed by atoms with E-state index in [4.69, 9.17) is 5.73 Å². The molecule has 3 aromatic rings. The maximum atomic E-state index is 12.4. The molecule has 0 aliphatic rings. The number of benzene rings is 1. The van der Waals surface area contributed by atoms with Gasteiger partial charge in [0.1, 0.15) is 5.69 Å². The van der Waals surface area contributed by atoms with Gasteiger partial charge >= 0.3 is 0 Å². The molecule has 0 radical (unpaired) electrons. The van der Waals surface area contributed by atoms with Gasteiger partial charge in [0.2, 0.25) is 5.91 Å². The van der Waals surface area contributed by atoms with Crippen LogP contribution in [0.5, 0.6) is 0 Å². The van der Waals surface area contributed by atoms with Crippen LogP contribution in [0.15, 0.2) is 43.0 Å². The standard InChI is InChI=1S/C17H17N7O2/c1-10(25)22-16-8-19-15(7-20-16)17(26)23-14-5-11(3-4-13(14)18)12-6-21-24(2)9-12/h3-9H,18H2,1-2H3,(H,23,26)(H,20,22,25). The number of hydrogen-bond donors (Lipinski definition) is 3. The molecule has 2 heterocycles. The Labute approximate surface area is 149 Å². The molecule has 0 bridgehead atoms. The van der Waals surface area contributed by atoms with E-state index in [-0.39, 0.29) is 17.4 Å². The van der Waals surface area contributed by atoms with Crippen molar-refractivity contribution in [1.82, 2.24) is 19.7 Å². The van der Waals surface area contributed by atoms with Crippen LogP contribution in [0.1, 0.15) is 17.4 Å². The quantitative estimate of drug-likeness (QED) is 0.613. The fourth-order valence-electron chi connectivity index (χ4n) is 2.29. The summed E-state index contributed by atoms with van der Waals surface area (Å²) in [7, 11) is 1.83. The number of nitrogens with zero attached hydrogens (tertiary/aromatic N) is 4. The first-order chi connectivity index (χ1) is 12.4. The van der Waals surface area contributed by atoms with Crippen LogP contribution in [0.2, 0.25) is 0 Å². The molecule has 26 heavy (non-hydrogen) atoms. The second-order valence-corrected chi connectivity index (χ2v) is 5.63. The number of carbonyl (C=O) groups is 2. The first kappa shape index (κ1) is 17.1. The molecule has 9 nitrogen and oxygen atoms in total. The zero-order chi connectivity index (χ0) is 18.7. The smallest absolute Gasteiger partial charge is 0.275 e. The normalized spacial score (nSPS) is 10.4. The number of carbonyl (C=O) groups excluding carboxylic acids is 2. The molecule has 3 rings (SSSR count). The van der Waals surface area contributed by atoms with Crippen molar-refractivity contribution < 1.29 is 9.59 Å². The number of nitrogens with one attached hydrogen (secondary N) is 2. The van der Waals surface area contributed by atoms with Gasteiger partial charge in [-0.15, -0.1) is 0 Å². The Kier molecular flexibility index (Phi) is 4.61. The van der Waals surface area contributed by atoms with Gasteiger partial charge in [-0.05, 0) is 17.7 Å². The Hall–Kier alpha value is -3.75. The van der Waals surface area contributed by atoms with Crippen molar-refractivity contribution in [1.29, 1.82) is 0 Å². The van der Waals surface area contributed by atoms with Crippen molar-refractivity contribution >= 4 is 29.0 Å². The van der Waals surface area contributed by atoms with Crippen molar-refractivity contribution in [2.24, 2.45) is 7.05 Å². The third-order valence-corrected chi connectivity index (χ3v) is 3.53. The SMILES string of the molecule is CC(=O)Nc1cnc(C(=O)Nc2cc(-c3cnn(C)c3)ccc2N)cn1. The summed E-state index contributed by atoms with van der Waals surface area (Å²) in [6.45, 7) is 1.36. The molecule has 0 unspecified atom stereocenters. The fraction of sp³-hybridized carbons (Fsp3) is 0.118. The van der Waals surface area contributed by atoms with Crippen LogP contribution >= 0.6 is 0 Å². The number of nitrogen functional groups attached to an aromatic ring is 1. The van der Waals surface area contributed by atoms with Crippen LogP contribution < -0.4 is 16.4 Å². The van der Waals surface area contributed by atoms with E-state index in [1.807, 2.05) is 19.3 Å². The number of nitrogens with two attached hydrogens (primary N) is 1. The zero-order valence-corrected chi connectivity index (χ0v) is 14.2. The minimum atomic E-state index is -0.457. The Bertz CT molecular complexity index is 963. The molecular formula is C17H17N7O2. The second kappa shape index (κ2) is 7.01. The second-order valence-electron chi connectivity index (χ2n) is 5.63. The number of hydrogen-bond acceptors (Lipinski definition) is 6. The highest BCUT2D eigenvalue weighted by molar-refractivity contribution is 6.04. The lowest BCUT2D eigenvalue weighted by Gasteiger charge is -2.10. The molecule has 132 valence electrons. The van der Waals surface area contributed by atoms with Gasteiger partial charge in [-0.3, -0.25) is 14.3 Å². The van der Waals surface area contributed by atoms with Crippen LogP contribution in [0.25, 0.3) is 11.1 Å². The highest BCUT2D eigenvalue weighted by atomic mass is 16.2. The summed E-state index contributed by atoms with van der Waals surface area (Å²) in [5, 5.41) is 9.34. The summed E-state index contributed by atoms with van der Waals surface area (Å²) in [5.74, 6) is -0.453. The van der Waals surface area contributed by atoms with Gasteiger partial charge in [-0.25, -0.2) is 9.97 Å². The summed E-state index contributed by atoms with van der Waals surface area (Å²) in [6.07, 6.45) is 6.18.